The number of nitrogens with one attached hydrogen (secondary N) is 1. The molecule has 2 aromatic rings. The normalized spacial score (nSPS) is 16.4. The van der Waals surface area contributed by atoms with Gasteiger partial charge >= 0.3 is 18.2 Å². The number of carboxylic acids is 1. The van der Waals surface area contributed by atoms with Crippen LogP contribution in [0.1, 0.15) is 23.6 Å². The number of aromatic nitrogens is 3. The summed E-state index contributed by atoms with van der Waals surface area (Å²) < 4.78 is 39.0. The number of rotatable bonds is 5. The summed E-state index contributed by atoms with van der Waals surface area (Å²) in [4.78, 5) is 24.5. The maximum absolute atomic E-state index is 11.7. The molecule has 1 atom stereocenters. The van der Waals surface area contributed by atoms with Gasteiger partial charge in [0, 0.05) is 59.1 Å². The van der Waals surface area contributed by atoms with Crippen molar-refractivity contribution in [1.29, 1.82) is 0 Å². The molecule has 13 heteroatoms. The van der Waals surface area contributed by atoms with Gasteiger partial charge in [-0.1, -0.05) is 5.16 Å². The summed E-state index contributed by atoms with van der Waals surface area (Å²) in [7, 11) is 3.50. The van der Waals surface area contributed by atoms with E-state index in [1.54, 1.807) is 19.0 Å². The minimum Gasteiger partial charge on any atom is -0.475 e. The van der Waals surface area contributed by atoms with Crippen LogP contribution in [-0.4, -0.2) is 75.2 Å². The molecule has 0 saturated heterocycles. The first-order valence-corrected chi connectivity index (χ1v) is 9.86. The number of hydrogen-bond donors (Lipinski definition) is 2. The molecule has 0 radical (unpaired) electrons. The number of nitrogens with zero attached hydrogens (tertiary/aromatic N) is 5. The molecule has 0 aliphatic carbocycles. The van der Waals surface area contributed by atoms with E-state index in [-0.39, 0.29) is 6.03 Å². The molecule has 10 nitrogen and oxygen atoms in total. The highest BCUT2D eigenvalue weighted by molar-refractivity contribution is 5.73. The molecular weight excluding hydrogens is 433 g/mol. The van der Waals surface area contributed by atoms with Gasteiger partial charge in [0.05, 0.1) is 11.4 Å². The molecule has 178 valence electrons. The molecule has 0 spiro atoms. The van der Waals surface area contributed by atoms with Crippen molar-refractivity contribution >= 4 is 12.0 Å². The Bertz CT molecular complexity index is 896. The van der Waals surface area contributed by atoms with E-state index in [9.17, 15) is 18.0 Å². The Labute approximate surface area is 182 Å². The Kier molecular flexibility index (Phi) is 8.63. The van der Waals surface area contributed by atoms with Gasteiger partial charge in [-0.2, -0.15) is 18.3 Å². The minimum absolute atomic E-state index is 0.0525. The molecule has 2 amide bonds. The third-order valence-corrected chi connectivity index (χ3v) is 4.68. The zero-order valence-corrected chi connectivity index (χ0v) is 18.1. The van der Waals surface area contributed by atoms with E-state index in [1.165, 1.54) is 5.69 Å². The quantitative estimate of drug-likeness (QED) is 0.702. The molecular formula is C19H27F3N6O4. The van der Waals surface area contributed by atoms with Crippen LogP contribution in [-0.2, 0) is 24.4 Å². The van der Waals surface area contributed by atoms with Crippen LogP contribution in [0.4, 0.5) is 18.0 Å². The van der Waals surface area contributed by atoms with Crippen molar-refractivity contribution in [3.05, 3.63) is 35.5 Å². The fourth-order valence-corrected chi connectivity index (χ4v) is 3.19. The Morgan fingerprint density at radius 3 is 2.59 bits per heavy atom. The third kappa shape index (κ3) is 7.87. The zero-order chi connectivity index (χ0) is 23.9. The fourth-order valence-electron chi connectivity index (χ4n) is 3.19. The highest BCUT2D eigenvalue weighted by Gasteiger charge is 2.38. The van der Waals surface area contributed by atoms with Crippen LogP contribution in [0.15, 0.2) is 22.9 Å². The van der Waals surface area contributed by atoms with E-state index < -0.39 is 12.1 Å². The number of carbonyl (C=O) groups is 2. The predicted molar refractivity (Wildman–Crippen MR) is 106 cm³/mol. The average Bonchev–Trinajstić information content (AvgIpc) is 3.26. The molecule has 1 unspecified atom stereocenters. The van der Waals surface area contributed by atoms with Gasteiger partial charge in [0.15, 0.2) is 0 Å². The van der Waals surface area contributed by atoms with Crippen molar-refractivity contribution in [1.82, 2.24) is 30.1 Å². The molecule has 3 heterocycles. The Hall–Kier alpha value is -3.09. The second kappa shape index (κ2) is 11.0. The van der Waals surface area contributed by atoms with Gasteiger partial charge in [-0.3, -0.25) is 9.58 Å². The molecule has 1 aliphatic heterocycles. The van der Waals surface area contributed by atoms with Gasteiger partial charge in [-0.15, -0.1) is 0 Å². The molecule has 3 rings (SSSR count). The lowest BCUT2D eigenvalue weighted by Gasteiger charge is -2.23. The van der Waals surface area contributed by atoms with Crippen molar-refractivity contribution in [2.75, 3.05) is 27.2 Å². The number of aliphatic carboxylic acids is 1. The SMILES string of the molecule is Cc1cc(CN2Cc3ccnn3CC(CCNC(=O)N(C)C)C2)no1.O=C(O)C(F)(F)F. The molecule has 2 N–H and O–H groups in total. The Morgan fingerprint density at radius 2 is 2.03 bits per heavy atom. The Morgan fingerprint density at radius 1 is 1.34 bits per heavy atom. The number of fused-ring (bicyclic) bond motifs is 1. The van der Waals surface area contributed by atoms with Crippen molar-refractivity contribution in [3.63, 3.8) is 0 Å². The van der Waals surface area contributed by atoms with E-state index in [2.05, 4.69) is 31.2 Å². The fraction of sp³-hybridized carbons (Fsp3) is 0.579. The van der Waals surface area contributed by atoms with Crippen LogP contribution in [0.2, 0.25) is 0 Å². The number of halogens is 3. The number of alkyl halides is 3. The molecule has 0 bridgehead atoms. The van der Waals surface area contributed by atoms with Crippen LogP contribution in [0.5, 0.6) is 0 Å². The Balaban J connectivity index is 0.000000451. The first-order chi connectivity index (χ1) is 15.0. The molecule has 0 aromatic carbocycles. The summed E-state index contributed by atoms with van der Waals surface area (Å²) in [5.74, 6) is -1.51. The average molecular weight is 460 g/mol. The summed E-state index contributed by atoms with van der Waals surface area (Å²) in [5.41, 5.74) is 2.16. The predicted octanol–water partition coefficient (Wildman–Crippen LogP) is 2.11. The summed E-state index contributed by atoms with van der Waals surface area (Å²) >= 11 is 0. The van der Waals surface area contributed by atoms with E-state index in [0.717, 1.165) is 44.1 Å². The van der Waals surface area contributed by atoms with E-state index in [4.69, 9.17) is 14.4 Å². The summed E-state index contributed by atoms with van der Waals surface area (Å²) in [6.45, 7) is 5.97. The number of carboxylic acid groups (broad SMARTS) is 1. The van der Waals surface area contributed by atoms with Crippen LogP contribution >= 0.6 is 0 Å². The number of urea groups is 1. The number of amides is 2. The topological polar surface area (TPSA) is 117 Å². The lowest BCUT2D eigenvalue weighted by Crippen LogP contribution is -2.36. The monoisotopic (exact) mass is 460 g/mol. The third-order valence-electron chi connectivity index (χ3n) is 4.68. The van der Waals surface area contributed by atoms with Gasteiger partial charge in [-0.25, -0.2) is 9.59 Å². The van der Waals surface area contributed by atoms with Crippen molar-refractivity contribution in [2.24, 2.45) is 5.92 Å². The first kappa shape index (κ1) is 25.2. The smallest absolute Gasteiger partial charge is 0.475 e. The van der Waals surface area contributed by atoms with Crippen LogP contribution in [0.25, 0.3) is 0 Å². The zero-order valence-electron chi connectivity index (χ0n) is 18.1. The van der Waals surface area contributed by atoms with Gasteiger partial charge in [-0.05, 0) is 25.3 Å². The van der Waals surface area contributed by atoms with E-state index >= 15 is 0 Å². The lowest BCUT2D eigenvalue weighted by atomic mass is 10.1. The second-order valence-electron chi connectivity index (χ2n) is 7.69. The van der Waals surface area contributed by atoms with E-state index in [1.807, 2.05) is 19.2 Å². The highest BCUT2D eigenvalue weighted by atomic mass is 19.4. The van der Waals surface area contributed by atoms with Gasteiger partial charge < -0.3 is 19.8 Å². The number of carbonyl (C=O) groups excluding carboxylic acids is 1. The van der Waals surface area contributed by atoms with Gasteiger partial charge in [0.2, 0.25) is 0 Å². The highest BCUT2D eigenvalue weighted by Crippen LogP contribution is 2.20. The second-order valence-corrected chi connectivity index (χ2v) is 7.69. The van der Waals surface area contributed by atoms with Gasteiger partial charge in [0.25, 0.3) is 0 Å². The molecule has 2 aromatic heterocycles. The van der Waals surface area contributed by atoms with Crippen LogP contribution in [0.3, 0.4) is 0 Å². The van der Waals surface area contributed by atoms with Gasteiger partial charge in [0.1, 0.15) is 5.76 Å². The number of aryl methyl sites for hydroxylation is 1. The standard InChI is InChI=1S/C17H26N6O2.C2HF3O2/c1-13-8-15(20-25-13)11-22-9-14(4-6-18-17(24)21(2)3)10-23-16(12-22)5-7-19-23;3-2(4,5)1(6)7/h5,7-8,14H,4,6,9-12H2,1-3H3,(H,18,24);(H,6,7). The van der Waals surface area contributed by atoms with E-state index in [0.29, 0.717) is 12.5 Å². The van der Waals surface area contributed by atoms with Crippen molar-refractivity contribution in [3.8, 4) is 0 Å². The maximum Gasteiger partial charge on any atom is 0.490 e. The summed E-state index contributed by atoms with van der Waals surface area (Å²) in [6, 6.07) is 3.99. The molecule has 32 heavy (non-hydrogen) atoms. The van der Waals surface area contributed by atoms with Crippen molar-refractivity contribution in [2.45, 2.75) is 39.2 Å². The first-order valence-electron chi connectivity index (χ1n) is 9.86. The van der Waals surface area contributed by atoms with Crippen LogP contribution in [0, 0.1) is 12.8 Å². The van der Waals surface area contributed by atoms with Crippen molar-refractivity contribution < 1.29 is 32.4 Å². The maximum atomic E-state index is 11.7. The van der Waals surface area contributed by atoms with Crippen LogP contribution < -0.4 is 5.32 Å². The molecule has 1 aliphatic rings. The molecule has 0 saturated carbocycles. The number of hydrogen-bond acceptors (Lipinski definition) is 6. The summed E-state index contributed by atoms with van der Waals surface area (Å²) in [5, 5.41) is 18.6. The lowest BCUT2D eigenvalue weighted by molar-refractivity contribution is -0.192. The molecule has 0 fully saturated rings. The largest absolute Gasteiger partial charge is 0.490 e. The minimum atomic E-state index is -5.08. The summed E-state index contributed by atoms with van der Waals surface area (Å²) in [6.07, 6.45) is -2.32.